The largest absolute Gasteiger partial charge is 0.508 e. The monoisotopic (exact) mass is 666 g/mol. The Balaban J connectivity index is 0.000000749. The quantitative estimate of drug-likeness (QED) is 0.161. The summed E-state index contributed by atoms with van der Waals surface area (Å²) in [5.74, 6) is 0.663. The van der Waals surface area contributed by atoms with Crippen molar-refractivity contribution in [1.82, 2.24) is 0 Å². The Kier molecular flexibility index (Phi) is 8.20. The van der Waals surface area contributed by atoms with E-state index in [2.05, 4.69) is 52.0 Å². The molecule has 4 aromatic rings. The first kappa shape index (κ1) is 33.9. The van der Waals surface area contributed by atoms with E-state index in [-0.39, 0.29) is 27.8 Å². The first-order chi connectivity index (χ1) is 22.6. The fourth-order valence-corrected chi connectivity index (χ4v) is 9.24. The van der Waals surface area contributed by atoms with Crippen molar-refractivity contribution >= 4 is 15.9 Å². The number of carbonyl (C=O) groups excluding carboxylic acids is 1. The number of hydrogen-bond donors (Lipinski definition) is 3. The van der Waals surface area contributed by atoms with Crippen molar-refractivity contribution in [3.8, 4) is 33.8 Å². The fraction of sp³-hybridized carbons (Fsp3) is 0.390. The summed E-state index contributed by atoms with van der Waals surface area (Å²) in [6.45, 7) is 13.2. The molecule has 1 unspecified atom stereocenters. The molecule has 1 spiro atoms. The molecule has 7 heteroatoms. The SMILES string of the molecule is CCC1(CC)CC2(CC(CC)(CC)c3cc(-c4ccc5c(c4)C(=O)c4cc(C)ccc4-5)c(O)cc32)c2cc(O)c(C)cc21.CS(=O)(=O)O. The maximum Gasteiger partial charge on any atom is 0.261 e. The lowest BCUT2D eigenvalue weighted by Gasteiger charge is -2.34. The van der Waals surface area contributed by atoms with Crippen LogP contribution in [0.2, 0.25) is 0 Å². The highest BCUT2D eigenvalue weighted by atomic mass is 32.2. The first-order valence-corrected chi connectivity index (χ1v) is 18.9. The fourth-order valence-electron chi connectivity index (χ4n) is 9.24. The molecule has 0 saturated carbocycles. The van der Waals surface area contributed by atoms with E-state index in [4.69, 9.17) is 4.55 Å². The van der Waals surface area contributed by atoms with Crippen molar-refractivity contribution in [3.05, 3.63) is 105 Å². The molecule has 3 N–H and O–H groups in total. The number of carbonyl (C=O) groups is 1. The van der Waals surface area contributed by atoms with Gasteiger partial charge in [0.15, 0.2) is 5.78 Å². The van der Waals surface area contributed by atoms with Gasteiger partial charge in [0.2, 0.25) is 0 Å². The van der Waals surface area contributed by atoms with E-state index in [1.165, 1.54) is 22.3 Å². The van der Waals surface area contributed by atoms with Crippen LogP contribution >= 0.6 is 0 Å². The second-order valence-electron chi connectivity index (χ2n) is 14.4. The Morgan fingerprint density at radius 1 is 0.625 bits per heavy atom. The number of benzene rings is 4. The molecule has 7 rings (SSSR count). The summed E-state index contributed by atoms with van der Waals surface area (Å²) in [7, 11) is -3.67. The van der Waals surface area contributed by atoms with Crippen LogP contribution in [0.15, 0.2) is 60.7 Å². The van der Waals surface area contributed by atoms with Crippen LogP contribution < -0.4 is 0 Å². The molecule has 0 aromatic heterocycles. The van der Waals surface area contributed by atoms with Gasteiger partial charge in [-0.3, -0.25) is 9.35 Å². The van der Waals surface area contributed by atoms with Crippen LogP contribution in [0.3, 0.4) is 0 Å². The van der Waals surface area contributed by atoms with Gasteiger partial charge in [-0.2, -0.15) is 8.42 Å². The van der Waals surface area contributed by atoms with Crippen LogP contribution in [-0.2, 0) is 26.4 Å². The minimum Gasteiger partial charge on any atom is -0.508 e. The standard InChI is InChI=1S/C40H42O3.CH4O3S/c1-7-38(8-2)21-40(33-19-35(41)24(6)16-31(33)38)22-39(9-3,10-4)32-18-28(36(42)20-34(32)40)25-12-14-27-26-13-11-23(5)15-29(26)37(43)30(27)17-25;1-5(2,3)4/h11-20,41-42H,7-10,21-22H2,1-6H3;1H3,(H,2,3,4). The van der Waals surface area contributed by atoms with Crippen LogP contribution in [0, 0.1) is 13.8 Å². The molecule has 0 amide bonds. The smallest absolute Gasteiger partial charge is 0.261 e. The summed E-state index contributed by atoms with van der Waals surface area (Å²) in [5.41, 5.74) is 11.9. The minimum atomic E-state index is -3.67. The molecule has 0 radical (unpaired) electrons. The second-order valence-corrected chi connectivity index (χ2v) is 15.8. The number of phenols is 2. The molecule has 0 saturated heterocycles. The average Bonchev–Trinajstić information content (AvgIpc) is 3.58. The highest BCUT2D eigenvalue weighted by molar-refractivity contribution is 7.85. The van der Waals surface area contributed by atoms with E-state index >= 15 is 0 Å². The van der Waals surface area contributed by atoms with Crippen molar-refractivity contribution in [1.29, 1.82) is 0 Å². The van der Waals surface area contributed by atoms with Crippen LogP contribution in [0.4, 0.5) is 0 Å². The van der Waals surface area contributed by atoms with Gasteiger partial charge in [-0.15, -0.1) is 0 Å². The zero-order valence-corrected chi connectivity index (χ0v) is 29.8. The number of fused-ring (bicyclic) bond motifs is 7. The maximum absolute atomic E-state index is 13.5. The van der Waals surface area contributed by atoms with E-state index in [0.717, 1.165) is 77.5 Å². The zero-order chi connectivity index (χ0) is 35.0. The highest BCUT2D eigenvalue weighted by Crippen LogP contribution is 2.67. The van der Waals surface area contributed by atoms with Gasteiger partial charge in [0.1, 0.15) is 11.5 Å². The molecule has 1 atom stereocenters. The predicted molar refractivity (Wildman–Crippen MR) is 192 cm³/mol. The molecule has 0 aliphatic heterocycles. The summed E-state index contributed by atoms with van der Waals surface area (Å²) in [5, 5.41) is 22.8. The molecule has 4 aromatic carbocycles. The lowest BCUT2D eigenvalue weighted by Crippen LogP contribution is -2.30. The van der Waals surface area contributed by atoms with Crippen LogP contribution in [0.1, 0.15) is 116 Å². The van der Waals surface area contributed by atoms with Gasteiger partial charge in [-0.25, -0.2) is 0 Å². The van der Waals surface area contributed by atoms with Crippen molar-refractivity contribution in [2.75, 3.05) is 6.26 Å². The average molecular weight is 667 g/mol. The molecule has 0 fully saturated rings. The first-order valence-electron chi connectivity index (χ1n) is 17.0. The molecular weight excluding hydrogens is 621 g/mol. The van der Waals surface area contributed by atoms with Gasteiger partial charge in [-0.05, 0) is 138 Å². The van der Waals surface area contributed by atoms with Crippen LogP contribution in [0.25, 0.3) is 22.3 Å². The van der Waals surface area contributed by atoms with Crippen molar-refractivity contribution in [2.24, 2.45) is 0 Å². The minimum absolute atomic E-state index is 0.0324. The number of aryl methyl sites for hydroxylation is 2. The number of phenolic OH excluding ortho intramolecular Hbond substituents is 2. The third-order valence-electron chi connectivity index (χ3n) is 11.9. The number of aromatic hydroxyl groups is 2. The lowest BCUT2D eigenvalue weighted by molar-refractivity contribution is 0.104. The highest BCUT2D eigenvalue weighted by Gasteiger charge is 2.59. The van der Waals surface area contributed by atoms with E-state index in [1.54, 1.807) is 0 Å². The Hall–Kier alpha value is -3.94. The summed E-state index contributed by atoms with van der Waals surface area (Å²) in [6, 6.07) is 20.7. The van der Waals surface area contributed by atoms with Gasteiger partial charge in [0, 0.05) is 22.1 Å². The van der Waals surface area contributed by atoms with E-state index in [0.29, 0.717) is 17.6 Å². The molecule has 3 aliphatic carbocycles. The van der Waals surface area contributed by atoms with Crippen LogP contribution in [-0.4, -0.2) is 35.2 Å². The Bertz CT molecular complexity index is 2080. The van der Waals surface area contributed by atoms with E-state index < -0.39 is 10.1 Å². The third kappa shape index (κ3) is 5.09. The summed E-state index contributed by atoms with van der Waals surface area (Å²) in [6.07, 6.45) is 6.75. The van der Waals surface area contributed by atoms with Gasteiger partial charge < -0.3 is 10.2 Å². The van der Waals surface area contributed by atoms with Crippen molar-refractivity contribution in [2.45, 2.75) is 96.3 Å². The molecule has 6 nitrogen and oxygen atoms in total. The van der Waals surface area contributed by atoms with Gasteiger partial charge in [0.05, 0.1) is 6.26 Å². The van der Waals surface area contributed by atoms with Crippen LogP contribution in [0.5, 0.6) is 11.5 Å². The molecule has 3 aliphatic rings. The number of ketones is 1. The normalized spacial score (nSPS) is 19.4. The summed E-state index contributed by atoms with van der Waals surface area (Å²) < 4.78 is 25.9. The molecule has 252 valence electrons. The van der Waals surface area contributed by atoms with Gasteiger partial charge >= 0.3 is 0 Å². The predicted octanol–water partition coefficient (Wildman–Crippen LogP) is 9.31. The van der Waals surface area contributed by atoms with E-state index in [1.807, 2.05) is 50.2 Å². The second kappa shape index (κ2) is 11.6. The Morgan fingerprint density at radius 2 is 1.10 bits per heavy atom. The summed E-state index contributed by atoms with van der Waals surface area (Å²) in [4.78, 5) is 13.5. The molecule has 48 heavy (non-hydrogen) atoms. The summed E-state index contributed by atoms with van der Waals surface area (Å²) >= 11 is 0. The maximum atomic E-state index is 13.5. The van der Waals surface area contributed by atoms with E-state index in [9.17, 15) is 23.4 Å². The topological polar surface area (TPSA) is 112 Å². The molecular formula is C41H46O6S. The number of rotatable bonds is 5. The Labute approximate surface area is 284 Å². The van der Waals surface area contributed by atoms with Gasteiger partial charge in [-0.1, -0.05) is 63.6 Å². The Morgan fingerprint density at radius 3 is 1.65 bits per heavy atom. The number of hydrogen-bond acceptors (Lipinski definition) is 5. The third-order valence-corrected chi connectivity index (χ3v) is 11.9. The molecule has 0 bridgehead atoms. The van der Waals surface area contributed by atoms with Crippen molar-refractivity contribution < 1.29 is 28.0 Å². The zero-order valence-electron chi connectivity index (χ0n) is 29.0. The lowest BCUT2D eigenvalue weighted by atomic mass is 9.68. The van der Waals surface area contributed by atoms with Crippen molar-refractivity contribution in [3.63, 3.8) is 0 Å². The van der Waals surface area contributed by atoms with Gasteiger partial charge in [0.25, 0.3) is 10.1 Å². The molecule has 0 heterocycles.